The molecule has 0 rings (SSSR count). The quantitative estimate of drug-likeness (QED) is 0.231. The van der Waals surface area contributed by atoms with E-state index < -0.39 is 6.23 Å². The second-order valence-corrected chi connectivity index (χ2v) is 1.19. The van der Waals surface area contributed by atoms with Crippen LogP contribution < -0.4 is 11.5 Å². The van der Waals surface area contributed by atoms with Crippen molar-refractivity contribution in [1.29, 1.82) is 5.41 Å². The molecule has 1 unspecified atom stereocenters. The van der Waals surface area contributed by atoms with Crippen LogP contribution >= 0.6 is 0 Å². The van der Waals surface area contributed by atoms with Crippen LogP contribution in [0.2, 0.25) is 0 Å². The summed E-state index contributed by atoms with van der Waals surface area (Å²) < 4.78 is 4.39. The van der Waals surface area contributed by atoms with E-state index in [1.807, 2.05) is 0 Å². The third kappa shape index (κ3) is 5.23. The molecule has 42 valence electrons. The van der Waals surface area contributed by atoms with E-state index in [1.54, 1.807) is 6.92 Å². The van der Waals surface area contributed by atoms with Crippen LogP contribution in [-0.4, -0.2) is 12.2 Å². The highest BCUT2D eigenvalue weighted by molar-refractivity contribution is 5.67. The maximum Gasteiger partial charge on any atom is 0.280 e. The monoisotopic (exact) mass is 103 g/mol. The van der Waals surface area contributed by atoms with E-state index in [-0.39, 0.29) is 6.02 Å². The summed E-state index contributed by atoms with van der Waals surface area (Å²) in [5, 5.41) is 6.50. The average molecular weight is 103 g/mol. The lowest BCUT2D eigenvalue weighted by molar-refractivity contribution is 0.210. The molecule has 0 aromatic carbocycles. The first-order valence-corrected chi connectivity index (χ1v) is 1.89. The molecule has 0 spiro atoms. The molecule has 0 saturated carbocycles. The van der Waals surface area contributed by atoms with Gasteiger partial charge < -0.3 is 10.5 Å². The molecule has 7 heavy (non-hydrogen) atoms. The van der Waals surface area contributed by atoms with Crippen molar-refractivity contribution in [3.63, 3.8) is 0 Å². The minimum atomic E-state index is -0.475. The Labute approximate surface area is 41.9 Å². The Morgan fingerprint density at radius 3 is 2.29 bits per heavy atom. The fourth-order valence-corrected chi connectivity index (χ4v) is 0.200. The third-order valence-corrected chi connectivity index (χ3v) is 0.313. The Hall–Kier alpha value is -0.770. The molecule has 0 amide bonds. The van der Waals surface area contributed by atoms with Gasteiger partial charge in [-0.2, -0.15) is 0 Å². The molecular formula is C3H9N3O. The largest absolute Gasteiger partial charge is 0.447 e. The molecule has 0 aliphatic rings. The predicted octanol–water partition coefficient (Wildman–Crippen LogP) is -0.799. The summed E-state index contributed by atoms with van der Waals surface area (Å²) >= 11 is 0. The number of nitrogens with one attached hydrogen (secondary N) is 1. The van der Waals surface area contributed by atoms with Crippen molar-refractivity contribution in [1.82, 2.24) is 0 Å². The summed E-state index contributed by atoms with van der Waals surface area (Å²) in [5.41, 5.74) is 9.82. The van der Waals surface area contributed by atoms with Crippen LogP contribution in [0.25, 0.3) is 0 Å². The predicted molar refractivity (Wildman–Crippen MR) is 26.6 cm³/mol. The molecular weight excluding hydrogens is 94.1 g/mol. The fraction of sp³-hybridized carbons (Fsp3) is 0.667. The Bertz CT molecular complexity index is 70.6. The molecule has 0 aliphatic heterocycles. The second-order valence-electron chi connectivity index (χ2n) is 1.19. The van der Waals surface area contributed by atoms with Gasteiger partial charge in [0.25, 0.3) is 6.02 Å². The zero-order chi connectivity index (χ0) is 5.86. The molecule has 1 atom stereocenters. The molecule has 4 nitrogen and oxygen atoms in total. The Morgan fingerprint density at radius 1 is 1.86 bits per heavy atom. The smallest absolute Gasteiger partial charge is 0.280 e. The van der Waals surface area contributed by atoms with Gasteiger partial charge in [0.15, 0.2) is 0 Å². The van der Waals surface area contributed by atoms with Crippen LogP contribution in [-0.2, 0) is 4.74 Å². The van der Waals surface area contributed by atoms with Gasteiger partial charge in [0.1, 0.15) is 6.23 Å². The summed E-state index contributed by atoms with van der Waals surface area (Å²) in [6.45, 7) is 1.60. The number of hydrogen-bond donors (Lipinski definition) is 3. The number of nitrogens with two attached hydrogens (primary N) is 2. The minimum absolute atomic E-state index is 0.338. The lowest BCUT2D eigenvalue weighted by Crippen LogP contribution is -2.27. The van der Waals surface area contributed by atoms with Gasteiger partial charge in [-0.15, -0.1) is 0 Å². The van der Waals surface area contributed by atoms with Gasteiger partial charge in [0.2, 0.25) is 0 Å². The van der Waals surface area contributed by atoms with E-state index in [4.69, 9.17) is 16.9 Å². The lowest BCUT2D eigenvalue weighted by atomic mass is 10.7. The van der Waals surface area contributed by atoms with Crippen LogP contribution in [0.1, 0.15) is 6.92 Å². The highest BCUT2D eigenvalue weighted by Crippen LogP contribution is 1.74. The molecule has 0 aromatic rings. The Morgan fingerprint density at radius 2 is 2.29 bits per heavy atom. The zero-order valence-electron chi connectivity index (χ0n) is 4.14. The van der Waals surface area contributed by atoms with Crippen LogP contribution in [0.5, 0.6) is 0 Å². The topological polar surface area (TPSA) is 85.1 Å². The highest BCUT2D eigenvalue weighted by Gasteiger charge is 1.90. The van der Waals surface area contributed by atoms with Gasteiger partial charge in [0.05, 0.1) is 0 Å². The van der Waals surface area contributed by atoms with Crippen molar-refractivity contribution in [2.45, 2.75) is 13.2 Å². The van der Waals surface area contributed by atoms with Crippen molar-refractivity contribution >= 4 is 6.02 Å². The van der Waals surface area contributed by atoms with Gasteiger partial charge in [-0.1, -0.05) is 0 Å². The molecule has 5 N–H and O–H groups in total. The van der Waals surface area contributed by atoms with Crippen molar-refractivity contribution < 1.29 is 4.74 Å². The number of hydrogen-bond acceptors (Lipinski definition) is 3. The molecule has 0 aromatic heterocycles. The van der Waals surface area contributed by atoms with E-state index >= 15 is 0 Å². The van der Waals surface area contributed by atoms with Crippen LogP contribution in [0.3, 0.4) is 0 Å². The van der Waals surface area contributed by atoms with Crippen LogP contribution in [0, 0.1) is 5.41 Å². The Kier molecular flexibility index (Phi) is 2.15. The minimum Gasteiger partial charge on any atom is -0.447 e. The van der Waals surface area contributed by atoms with Crippen molar-refractivity contribution in [3.05, 3.63) is 0 Å². The summed E-state index contributed by atoms with van der Waals surface area (Å²) in [5.74, 6) is 0. The van der Waals surface area contributed by atoms with Gasteiger partial charge >= 0.3 is 0 Å². The SMILES string of the molecule is CC(N)OC(=N)N. The molecule has 0 heterocycles. The van der Waals surface area contributed by atoms with E-state index in [2.05, 4.69) is 4.74 Å². The fourth-order valence-electron chi connectivity index (χ4n) is 0.200. The number of ether oxygens (including phenoxy) is 1. The summed E-state index contributed by atoms with van der Waals surface area (Å²) in [7, 11) is 0. The molecule has 4 heteroatoms. The summed E-state index contributed by atoms with van der Waals surface area (Å²) in [6, 6.07) is -0.338. The van der Waals surface area contributed by atoms with E-state index in [0.717, 1.165) is 0 Å². The number of amidine groups is 1. The average Bonchev–Trinajstić information content (AvgIpc) is 1.27. The van der Waals surface area contributed by atoms with Crippen molar-refractivity contribution in [2.75, 3.05) is 0 Å². The second kappa shape index (κ2) is 2.41. The van der Waals surface area contributed by atoms with E-state index in [9.17, 15) is 0 Å². The van der Waals surface area contributed by atoms with Crippen molar-refractivity contribution in [3.8, 4) is 0 Å². The van der Waals surface area contributed by atoms with E-state index in [1.165, 1.54) is 0 Å². The maximum atomic E-state index is 6.50. The first-order valence-electron chi connectivity index (χ1n) is 1.89. The van der Waals surface area contributed by atoms with Crippen LogP contribution in [0.15, 0.2) is 0 Å². The van der Waals surface area contributed by atoms with E-state index in [0.29, 0.717) is 0 Å². The van der Waals surface area contributed by atoms with Gasteiger partial charge in [-0.05, 0) is 6.92 Å². The third-order valence-electron chi connectivity index (χ3n) is 0.313. The van der Waals surface area contributed by atoms with Gasteiger partial charge in [-0.3, -0.25) is 11.1 Å². The van der Waals surface area contributed by atoms with Gasteiger partial charge in [0, 0.05) is 0 Å². The normalized spacial score (nSPS) is 12.9. The lowest BCUT2D eigenvalue weighted by Gasteiger charge is -2.04. The summed E-state index contributed by atoms with van der Waals surface area (Å²) in [6.07, 6.45) is -0.475. The van der Waals surface area contributed by atoms with Crippen LogP contribution in [0.4, 0.5) is 0 Å². The summed E-state index contributed by atoms with van der Waals surface area (Å²) in [4.78, 5) is 0. The maximum absolute atomic E-state index is 6.50. The first kappa shape index (κ1) is 6.23. The molecule has 0 aliphatic carbocycles. The standard InChI is InChI=1S/C3H9N3O/c1-2(4)7-3(5)6/h2H,4H2,1H3,(H3,5,6). The highest BCUT2D eigenvalue weighted by atomic mass is 16.5. The molecule has 0 saturated heterocycles. The Balaban J connectivity index is 3.13. The van der Waals surface area contributed by atoms with Crippen molar-refractivity contribution in [2.24, 2.45) is 11.5 Å². The molecule has 0 fully saturated rings. The first-order chi connectivity index (χ1) is 3.13. The molecule has 0 bridgehead atoms. The van der Waals surface area contributed by atoms with Gasteiger partial charge in [-0.25, -0.2) is 0 Å². The molecule has 0 radical (unpaired) electrons. The zero-order valence-corrected chi connectivity index (χ0v) is 4.14. The number of rotatable bonds is 1.